The second kappa shape index (κ2) is 4.35. The summed E-state index contributed by atoms with van der Waals surface area (Å²) in [5, 5.41) is 7.50. The molecule has 8 heteroatoms. The monoisotopic (exact) mass is 241 g/mol. The molecule has 0 radical (unpaired) electrons. The molecule has 3 N–H and O–H groups in total. The Labute approximate surface area is 95.8 Å². The van der Waals surface area contributed by atoms with E-state index in [4.69, 9.17) is 15.0 Å². The molecular weight excluding hydrogens is 230 g/mol. The second-order valence-corrected chi connectivity index (χ2v) is 3.79. The number of rotatable bonds is 4. The van der Waals surface area contributed by atoms with Crippen molar-refractivity contribution in [1.82, 2.24) is 14.5 Å². The maximum Gasteiger partial charge on any atom is 0.245 e. The van der Waals surface area contributed by atoms with Crippen molar-refractivity contribution in [1.29, 1.82) is 0 Å². The van der Waals surface area contributed by atoms with Crippen molar-refractivity contribution >= 4 is 22.4 Å². The molecule has 0 spiro atoms. The van der Waals surface area contributed by atoms with E-state index in [0.29, 0.717) is 29.8 Å². The number of nitrogen functional groups attached to an aromatic ring is 1. The molecule has 0 atom stereocenters. The molecule has 2 aromatic rings. The van der Waals surface area contributed by atoms with Crippen molar-refractivity contribution < 1.29 is 9.26 Å². The molecule has 0 amide bonds. The Morgan fingerprint density at radius 2 is 2.38 bits per heavy atom. The lowest BCUT2D eigenvalue weighted by Crippen LogP contribution is -2.00. The van der Waals surface area contributed by atoms with E-state index in [2.05, 4.69) is 19.8 Å². The number of aromatic nitrogens is 3. The van der Waals surface area contributed by atoms with Gasteiger partial charge >= 0.3 is 0 Å². The van der Waals surface area contributed by atoms with Crippen LogP contribution in [0.2, 0.25) is 0 Å². The number of hydrogen-bond acceptors (Lipinski definition) is 8. The Bertz CT molecular complexity index is 480. The first kappa shape index (κ1) is 10.7. The van der Waals surface area contributed by atoms with Crippen LogP contribution < -0.4 is 15.8 Å². The average Bonchev–Trinajstić information content (AvgIpc) is 2.82. The van der Waals surface area contributed by atoms with Gasteiger partial charge in [0.05, 0.1) is 13.7 Å². The van der Waals surface area contributed by atoms with Crippen LogP contribution in [0.5, 0.6) is 5.75 Å². The Kier molecular flexibility index (Phi) is 2.91. The molecule has 0 aliphatic carbocycles. The molecule has 0 saturated heterocycles. The largest absolute Gasteiger partial charge is 0.490 e. The summed E-state index contributed by atoms with van der Waals surface area (Å²) >= 11 is 1.23. The molecule has 86 valence electrons. The summed E-state index contributed by atoms with van der Waals surface area (Å²) in [5.74, 6) is 2.03. The maximum absolute atomic E-state index is 5.61. The van der Waals surface area contributed by atoms with Gasteiger partial charge in [-0.25, -0.2) is 0 Å². The number of aryl methyl sites for hydroxylation is 1. The number of hydrogen-bond donors (Lipinski definition) is 2. The zero-order valence-electron chi connectivity index (χ0n) is 8.85. The van der Waals surface area contributed by atoms with E-state index >= 15 is 0 Å². The first-order valence-corrected chi connectivity index (χ1v) is 5.30. The summed E-state index contributed by atoms with van der Waals surface area (Å²) in [6, 6.07) is 0. The van der Waals surface area contributed by atoms with Gasteiger partial charge in [-0.3, -0.25) is 0 Å². The van der Waals surface area contributed by atoms with Gasteiger partial charge < -0.3 is 20.3 Å². The standard InChI is InChI=1S/C8H11N5O2S/c1-4-11-5(15-12-4)3-10-8-6(14-2)7(9)13-16-8/h10H,3H2,1-2H3,(H2,9,13). The van der Waals surface area contributed by atoms with Crippen LogP contribution in [0, 0.1) is 6.92 Å². The fraction of sp³-hybridized carbons (Fsp3) is 0.375. The number of nitrogens with one attached hydrogen (secondary N) is 1. The third-order valence-electron chi connectivity index (χ3n) is 1.85. The van der Waals surface area contributed by atoms with Crippen molar-refractivity contribution in [2.24, 2.45) is 0 Å². The van der Waals surface area contributed by atoms with E-state index in [0.717, 1.165) is 5.00 Å². The molecular formula is C8H11N5O2S. The molecule has 0 saturated carbocycles. The highest BCUT2D eigenvalue weighted by Crippen LogP contribution is 2.34. The first-order chi connectivity index (χ1) is 7.70. The third-order valence-corrected chi connectivity index (χ3v) is 2.65. The Hall–Kier alpha value is -1.83. The Balaban J connectivity index is 2.04. The molecule has 7 nitrogen and oxygen atoms in total. The lowest BCUT2D eigenvalue weighted by Gasteiger charge is -2.02. The van der Waals surface area contributed by atoms with E-state index in [9.17, 15) is 0 Å². The summed E-state index contributed by atoms with van der Waals surface area (Å²) in [5.41, 5.74) is 5.61. The summed E-state index contributed by atoms with van der Waals surface area (Å²) in [4.78, 5) is 4.06. The molecule has 0 unspecified atom stereocenters. The SMILES string of the molecule is COc1c(N)nsc1NCc1nc(C)no1. The van der Waals surface area contributed by atoms with Gasteiger partial charge in [-0.1, -0.05) is 5.16 Å². The molecule has 0 bridgehead atoms. The highest BCUT2D eigenvalue weighted by Gasteiger charge is 2.12. The predicted molar refractivity (Wildman–Crippen MR) is 59.4 cm³/mol. The zero-order chi connectivity index (χ0) is 11.5. The lowest BCUT2D eigenvalue weighted by molar-refractivity contribution is 0.379. The molecule has 2 aromatic heterocycles. The summed E-state index contributed by atoms with van der Waals surface area (Å²) in [7, 11) is 1.54. The smallest absolute Gasteiger partial charge is 0.245 e. The van der Waals surface area contributed by atoms with Crippen LogP contribution >= 0.6 is 11.5 Å². The Morgan fingerprint density at radius 1 is 1.56 bits per heavy atom. The van der Waals surface area contributed by atoms with Crippen LogP contribution in [0.3, 0.4) is 0 Å². The van der Waals surface area contributed by atoms with Gasteiger partial charge in [0.2, 0.25) is 5.89 Å². The van der Waals surface area contributed by atoms with Crippen LogP contribution in [-0.2, 0) is 6.54 Å². The number of nitrogens with zero attached hydrogens (tertiary/aromatic N) is 3. The zero-order valence-corrected chi connectivity index (χ0v) is 9.67. The molecule has 0 aromatic carbocycles. The molecule has 2 heterocycles. The van der Waals surface area contributed by atoms with Crippen LogP contribution in [0.25, 0.3) is 0 Å². The predicted octanol–water partition coefficient (Wildman–Crippen LogP) is 1.04. The van der Waals surface area contributed by atoms with Crippen molar-refractivity contribution in [3.8, 4) is 5.75 Å². The lowest BCUT2D eigenvalue weighted by atomic mass is 10.5. The first-order valence-electron chi connectivity index (χ1n) is 4.53. The van der Waals surface area contributed by atoms with Crippen molar-refractivity contribution in [2.45, 2.75) is 13.5 Å². The third kappa shape index (κ3) is 2.06. The van der Waals surface area contributed by atoms with E-state index < -0.39 is 0 Å². The van der Waals surface area contributed by atoms with Crippen molar-refractivity contribution in [3.63, 3.8) is 0 Å². The van der Waals surface area contributed by atoms with Crippen LogP contribution in [0.15, 0.2) is 4.52 Å². The highest BCUT2D eigenvalue weighted by atomic mass is 32.1. The summed E-state index contributed by atoms with van der Waals surface area (Å²) < 4.78 is 14.0. The molecule has 2 rings (SSSR count). The van der Waals surface area contributed by atoms with Gasteiger partial charge in [0.25, 0.3) is 0 Å². The van der Waals surface area contributed by atoms with Crippen LogP contribution in [-0.4, -0.2) is 21.6 Å². The number of anilines is 2. The quantitative estimate of drug-likeness (QED) is 0.824. The average molecular weight is 241 g/mol. The maximum atomic E-state index is 5.61. The fourth-order valence-electron chi connectivity index (χ4n) is 1.17. The summed E-state index contributed by atoms with van der Waals surface area (Å²) in [6.45, 7) is 2.18. The second-order valence-electron chi connectivity index (χ2n) is 3.02. The van der Waals surface area contributed by atoms with Gasteiger partial charge in [-0.15, -0.1) is 0 Å². The highest BCUT2D eigenvalue weighted by molar-refractivity contribution is 7.11. The van der Waals surface area contributed by atoms with E-state index in [1.165, 1.54) is 11.5 Å². The number of nitrogens with two attached hydrogens (primary N) is 1. The normalized spacial score (nSPS) is 10.4. The van der Waals surface area contributed by atoms with Crippen LogP contribution in [0.4, 0.5) is 10.8 Å². The topological polar surface area (TPSA) is 99.1 Å². The molecule has 16 heavy (non-hydrogen) atoms. The van der Waals surface area contributed by atoms with Gasteiger partial charge in [0.1, 0.15) is 0 Å². The minimum absolute atomic E-state index is 0.372. The van der Waals surface area contributed by atoms with Crippen LogP contribution in [0.1, 0.15) is 11.7 Å². The molecule has 0 fully saturated rings. The Morgan fingerprint density at radius 3 is 3.00 bits per heavy atom. The van der Waals surface area contributed by atoms with Crippen molar-refractivity contribution in [3.05, 3.63) is 11.7 Å². The van der Waals surface area contributed by atoms with Gasteiger partial charge in [0.15, 0.2) is 22.4 Å². The number of ether oxygens (including phenoxy) is 1. The van der Waals surface area contributed by atoms with Gasteiger partial charge in [0, 0.05) is 0 Å². The molecule has 0 aliphatic rings. The van der Waals surface area contributed by atoms with E-state index in [1.807, 2.05) is 0 Å². The number of methoxy groups -OCH3 is 1. The molecule has 0 aliphatic heterocycles. The van der Waals surface area contributed by atoms with E-state index in [-0.39, 0.29) is 0 Å². The van der Waals surface area contributed by atoms with Crippen molar-refractivity contribution in [2.75, 3.05) is 18.2 Å². The fourth-order valence-corrected chi connectivity index (χ4v) is 1.85. The summed E-state index contributed by atoms with van der Waals surface area (Å²) in [6.07, 6.45) is 0. The van der Waals surface area contributed by atoms with Gasteiger partial charge in [-0.2, -0.15) is 9.36 Å². The van der Waals surface area contributed by atoms with Gasteiger partial charge in [-0.05, 0) is 18.5 Å². The van der Waals surface area contributed by atoms with E-state index in [1.54, 1.807) is 14.0 Å². The minimum atomic E-state index is 0.372. The minimum Gasteiger partial charge on any atom is -0.490 e.